The summed E-state index contributed by atoms with van der Waals surface area (Å²) in [6.07, 6.45) is 3.26. The van der Waals surface area contributed by atoms with Gasteiger partial charge in [-0.1, -0.05) is 25.1 Å². The van der Waals surface area contributed by atoms with E-state index >= 15 is 0 Å². The molecule has 6 heteroatoms. The summed E-state index contributed by atoms with van der Waals surface area (Å²) in [5, 5.41) is 0. The molecule has 0 aliphatic rings. The molecule has 0 fully saturated rings. The lowest BCUT2D eigenvalue weighted by Gasteiger charge is -2.15. The normalized spacial score (nSPS) is 10.6. The average Bonchev–Trinajstić information content (AvgIpc) is 2.72. The Bertz CT molecular complexity index is 852. The van der Waals surface area contributed by atoms with Crippen LogP contribution in [0.2, 0.25) is 0 Å². The molecule has 0 aliphatic heterocycles. The molecule has 2 rings (SSSR count). The SMILES string of the molecule is CCOc1cc(OC)cc(OC(=O)CC)c1C(=O)/C=C/c1ccc(OC)cc1. The lowest BCUT2D eigenvalue weighted by molar-refractivity contribution is -0.134. The van der Waals surface area contributed by atoms with Crippen molar-refractivity contribution in [3.63, 3.8) is 0 Å². The zero-order valence-corrected chi connectivity index (χ0v) is 16.5. The number of benzene rings is 2. The summed E-state index contributed by atoms with van der Waals surface area (Å²) in [5.74, 6) is 0.762. The van der Waals surface area contributed by atoms with Crippen molar-refractivity contribution >= 4 is 17.8 Å². The number of rotatable bonds is 9. The Balaban J connectivity index is 2.42. The van der Waals surface area contributed by atoms with Gasteiger partial charge in [0.05, 0.1) is 20.8 Å². The Morgan fingerprint density at radius 1 is 0.929 bits per heavy atom. The van der Waals surface area contributed by atoms with Gasteiger partial charge in [0.15, 0.2) is 5.78 Å². The van der Waals surface area contributed by atoms with Crippen LogP contribution < -0.4 is 18.9 Å². The van der Waals surface area contributed by atoms with Crippen LogP contribution in [0.4, 0.5) is 0 Å². The van der Waals surface area contributed by atoms with E-state index in [1.165, 1.54) is 19.3 Å². The van der Waals surface area contributed by atoms with Gasteiger partial charge in [0, 0.05) is 18.6 Å². The van der Waals surface area contributed by atoms with Gasteiger partial charge in [-0.25, -0.2) is 0 Å². The Hall–Kier alpha value is -3.28. The molecule has 0 spiro atoms. The van der Waals surface area contributed by atoms with Gasteiger partial charge in [-0.3, -0.25) is 9.59 Å². The van der Waals surface area contributed by atoms with Crippen molar-refractivity contribution in [3.05, 3.63) is 53.6 Å². The van der Waals surface area contributed by atoms with E-state index in [-0.39, 0.29) is 23.5 Å². The smallest absolute Gasteiger partial charge is 0.310 e. The van der Waals surface area contributed by atoms with E-state index < -0.39 is 5.97 Å². The molecule has 0 radical (unpaired) electrons. The number of allylic oxidation sites excluding steroid dienone is 1. The molecule has 0 atom stereocenters. The lowest BCUT2D eigenvalue weighted by Crippen LogP contribution is -2.11. The molecule has 0 amide bonds. The third-order valence-electron chi connectivity index (χ3n) is 3.88. The van der Waals surface area contributed by atoms with Crippen LogP contribution in [0.15, 0.2) is 42.5 Å². The number of hydrogen-bond donors (Lipinski definition) is 0. The van der Waals surface area contributed by atoms with E-state index in [1.807, 2.05) is 12.1 Å². The molecular weight excluding hydrogens is 360 g/mol. The van der Waals surface area contributed by atoms with Gasteiger partial charge in [-0.15, -0.1) is 0 Å². The molecule has 0 heterocycles. The minimum Gasteiger partial charge on any atom is -0.497 e. The van der Waals surface area contributed by atoms with Crippen molar-refractivity contribution in [1.29, 1.82) is 0 Å². The summed E-state index contributed by atoms with van der Waals surface area (Å²) >= 11 is 0. The molecule has 0 saturated heterocycles. The van der Waals surface area contributed by atoms with Crippen LogP contribution in [-0.4, -0.2) is 32.6 Å². The van der Waals surface area contributed by atoms with Crippen LogP contribution in [-0.2, 0) is 4.79 Å². The molecule has 6 nitrogen and oxygen atoms in total. The van der Waals surface area contributed by atoms with Crippen molar-refractivity contribution in [1.82, 2.24) is 0 Å². The molecule has 0 aliphatic carbocycles. The molecule has 2 aromatic rings. The minimum atomic E-state index is -0.455. The van der Waals surface area contributed by atoms with Crippen molar-refractivity contribution in [3.8, 4) is 23.0 Å². The number of methoxy groups -OCH3 is 2. The van der Waals surface area contributed by atoms with E-state index in [2.05, 4.69) is 0 Å². The molecule has 0 saturated carbocycles. The molecule has 28 heavy (non-hydrogen) atoms. The first-order chi connectivity index (χ1) is 13.5. The van der Waals surface area contributed by atoms with Crippen molar-refractivity contribution in [2.24, 2.45) is 0 Å². The summed E-state index contributed by atoms with van der Waals surface area (Å²) in [4.78, 5) is 24.7. The summed E-state index contributed by atoms with van der Waals surface area (Å²) in [6.45, 7) is 3.83. The number of ketones is 1. The number of carbonyl (C=O) groups is 2. The summed E-state index contributed by atoms with van der Waals surface area (Å²) in [5.41, 5.74) is 1.00. The molecule has 148 valence electrons. The maximum Gasteiger partial charge on any atom is 0.310 e. The fraction of sp³-hybridized carbons (Fsp3) is 0.273. The number of esters is 1. The molecule has 0 N–H and O–H groups in total. The van der Waals surface area contributed by atoms with E-state index in [4.69, 9.17) is 18.9 Å². The van der Waals surface area contributed by atoms with Gasteiger partial charge in [0.25, 0.3) is 0 Å². The number of ether oxygens (including phenoxy) is 4. The van der Waals surface area contributed by atoms with Crippen LogP contribution >= 0.6 is 0 Å². The van der Waals surface area contributed by atoms with Crippen LogP contribution in [0, 0.1) is 0 Å². The molecule has 2 aromatic carbocycles. The largest absolute Gasteiger partial charge is 0.497 e. The highest BCUT2D eigenvalue weighted by Crippen LogP contribution is 2.35. The quantitative estimate of drug-likeness (QED) is 0.278. The summed E-state index contributed by atoms with van der Waals surface area (Å²) < 4.78 is 21.3. The second-order valence-corrected chi connectivity index (χ2v) is 5.73. The summed E-state index contributed by atoms with van der Waals surface area (Å²) in [6, 6.07) is 10.4. The Morgan fingerprint density at radius 3 is 2.14 bits per heavy atom. The van der Waals surface area contributed by atoms with Gasteiger partial charge in [-0.2, -0.15) is 0 Å². The third kappa shape index (κ3) is 5.36. The lowest BCUT2D eigenvalue weighted by atomic mass is 10.1. The van der Waals surface area contributed by atoms with Crippen molar-refractivity contribution < 1.29 is 28.5 Å². The fourth-order valence-electron chi connectivity index (χ4n) is 2.44. The van der Waals surface area contributed by atoms with Crippen molar-refractivity contribution in [2.45, 2.75) is 20.3 Å². The first kappa shape index (κ1) is 21.0. The molecular formula is C22H24O6. The first-order valence-corrected chi connectivity index (χ1v) is 8.94. The van der Waals surface area contributed by atoms with Crippen LogP contribution in [0.5, 0.6) is 23.0 Å². The fourth-order valence-corrected chi connectivity index (χ4v) is 2.44. The molecule has 0 bridgehead atoms. The van der Waals surface area contributed by atoms with Gasteiger partial charge in [0.1, 0.15) is 28.6 Å². The second-order valence-electron chi connectivity index (χ2n) is 5.73. The van der Waals surface area contributed by atoms with Crippen LogP contribution in [0.25, 0.3) is 6.08 Å². The monoisotopic (exact) mass is 384 g/mol. The van der Waals surface area contributed by atoms with Gasteiger partial charge >= 0.3 is 5.97 Å². The van der Waals surface area contributed by atoms with Crippen LogP contribution in [0.3, 0.4) is 0 Å². The Kier molecular flexibility index (Phi) is 7.63. The standard InChI is InChI=1S/C22H24O6/c1-5-21(24)28-20-14-17(26-4)13-19(27-6-2)22(20)18(23)12-9-15-7-10-16(25-3)11-8-15/h7-14H,5-6H2,1-4H3/b12-9+. The van der Waals surface area contributed by atoms with E-state index in [0.717, 1.165) is 11.3 Å². The van der Waals surface area contributed by atoms with Crippen molar-refractivity contribution in [2.75, 3.05) is 20.8 Å². The minimum absolute atomic E-state index is 0.110. The molecule has 0 aromatic heterocycles. The highest BCUT2D eigenvalue weighted by atomic mass is 16.5. The van der Waals surface area contributed by atoms with E-state index in [1.54, 1.807) is 45.2 Å². The van der Waals surface area contributed by atoms with Gasteiger partial charge in [0.2, 0.25) is 0 Å². The zero-order chi connectivity index (χ0) is 20.5. The average molecular weight is 384 g/mol. The second kappa shape index (κ2) is 10.2. The Labute approximate surface area is 164 Å². The predicted molar refractivity (Wildman–Crippen MR) is 106 cm³/mol. The Morgan fingerprint density at radius 2 is 1.57 bits per heavy atom. The molecule has 0 unspecified atom stereocenters. The van der Waals surface area contributed by atoms with E-state index in [9.17, 15) is 9.59 Å². The maximum atomic E-state index is 12.9. The summed E-state index contributed by atoms with van der Waals surface area (Å²) in [7, 11) is 3.08. The highest BCUT2D eigenvalue weighted by molar-refractivity contribution is 6.11. The maximum absolute atomic E-state index is 12.9. The topological polar surface area (TPSA) is 71.1 Å². The van der Waals surface area contributed by atoms with Gasteiger partial charge in [-0.05, 0) is 30.7 Å². The van der Waals surface area contributed by atoms with E-state index in [0.29, 0.717) is 18.1 Å². The highest BCUT2D eigenvalue weighted by Gasteiger charge is 2.21. The predicted octanol–water partition coefficient (Wildman–Crippen LogP) is 4.31. The van der Waals surface area contributed by atoms with Gasteiger partial charge < -0.3 is 18.9 Å². The third-order valence-corrected chi connectivity index (χ3v) is 3.88. The number of carbonyl (C=O) groups excluding carboxylic acids is 2. The van der Waals surface area contributed by atoms with Crippen LogP contribution in [0.1, 0.15) is 36.2 Å². The first-order valence-electron chi connectivity index (χ1n) is 8.94. The number of hydrogen-bond acceptors (Lipinski definition) is 6. The zero-order valence-electron chi connectivity index (χ0n) is 16.5.